The smallest absolute Gasteiger partial charge is 0.226 e. The van der Waals surface area contributed by atoms with Crippen LogP contribution in [0, 0.1) is 0 Å². The van der Waals surface area contributed by atoms with Gasteiger partial charge in [0.15, 0.2) is 0 Å². The molecule has 1 aliphatic heterocycles. The average molecular weight is 394 g/mol. The predicted molar refractivity (Wildman–Crippen MR) is 109 cm³/mol. The van der Waals surface area contributed by atoms with Crippen molar-refractivity contribution < 1.29 is 14.6 Å². The van der Waals surface area contributed by atoms with E-state index in [1.54, 1.807) is 0 Å². The lowest BCUT2D eigenvalue weighted by atomic mass is 10.0. The molecule has 0 fully saturated rings. The van der Waals surface area contributed by atoms with E-state index in [1.807, 2.05) is 47.3 Å². The lowest BCUT2D eigenvalue weighted by molar-refractivity contribution is -0.123. The van der Waals surface area contributed by atoms with E-state index in [0.717, 1.165) is 47.2 Å². The Kier molecular flexibility index (Phi) is 5.87. The molecule has 0 unspecified atom stereocenters. The van der Waals surface area contributed by atoms with Crippen molar-refractivity contribution in [2.24, 2.45) is 0 Å². The molecule has 3 aromatic rings. The van der Waals surface area contributed by atoms with Crippen LogP contribution in [0.5, 0.6) is 0 Å². The highest BCUT2D eigenvalue weighted by atomic mass is 16.5. The van der Waals surface area contributed by atoms with E-state index in [4.69, 9.17) is 9.72 Å². The number of nitrogens with one attached hydrogen (secondary N) is 1. The van der Waals surface area contributed by atoms with Crippen LogP contribution in [-0.2, 0) is 28.9 Å². The molecule has 3 heterocycles. The van der Waals surface area contributed by atoms with Gasteiger partial charge < -0.3 is 15.2 Å². The van der Waals surface area contributed by atoms with Crippen LogP contribution in [0.4, 0.5) is 0 Å². The van der Waals surface area contributed by atoms with Gasteiger partial charge in [-0.05, 0) is 31.4 Å². The number of aliphatic hydroxyl groups is 1. The third-order valence-electron chi connectivity index (χ3n) is 5.30. The molecule has 0 saturated carbocycles. The summed E-state index contributed by atoms with van der Waals surface area (Å²) in [5.74, 6) is -0.151. The SMILES string of the molecule is CCn1ncc2cc3nc(c21)CCCO[C@H](CO)[C@H](c1ccccc1)NC(=O)C3. The summed E-state index contributed by atoms with van der Waals surface area (Å²) in [6, 6.07) is 11.2. The molecular formula is C22H26N4O3. The molecule has 2 atom stereocenters. The first-order chi connectivity index (χ1) is 14.2. The number of carbonyl (C=O) groups excluding carboxylic acids is 1. The lowest BCUT2D eigenvalue weighted by Crippen LogP contribution is -2.40. The number of aryl methyl sites for hydroxylation is 2. The predicted octanol–water partition coefficient (Wildman–Crippen LogP) is 2.17. The summed E-state index contributed by atoms with van der Waals surface area (Å²) in [6.45, 7) is 3.11. The van der Waals surface area contributed by atoms with E-state index in [-0.39, 0.29) is 18.9 Å². The van der Waals surface area contributed by atoms with Crippen molar-refractivity contribution in [3.63, 3.8) is 0 Å². The molecule has 1 aromatic carbocycles. The zero-order valence-electron chi connectivity index (χ0n) is 16.5. The fourth-order valence-electron chi connectivity index (χ4n) is 3.93. The minimum atomic E-state index is -0.506. The fourth-order valence-corrected chi connectivity index (χ4v) is 3.93. The summed E-state index contributed by atoms with van der Waals surface area (Å²) < 4.78 is 7.93. The molecule has 4 rings (SSSR count). The van der Waals surface area contributed by atoms with Gasteiger partial charge in [-0.2, -0.15) is 5.10 Å². The van der Waals surface area contributed by atoms with Crippen LogP contribution in [-0.4, -0.2) is 45.1 Å². The molecule has 7 nitrogen and oxygen atoms in total. The third-order valence-corrected chi connectivity index (χ3v) is 5.30. The number of amides is 1. The second kappa shape index (κ2) is 8.71. The maximum absolute atomic E-state index is 12.8. The van der Waals surface area contributed by atoms with Gasteiger partial charge in [0.05, 0.1) is 42.2 Å². The summed E-state index contributed by atoms with van der Waals surface area (Å²) in [6.07, 6.45) is 3.00. The molecule has 0 spiro atoms. The van der Waals surface area contributed by atoms with Gasteiger partial charge in [-0.1, -0.05) is 30.3 Å². The number of pyridine rings is 1. The summed E-state index contributed by atoms with van der Waals surface area (Å²) in [5, 5.41) is 18.4. The number of aromatic nitrogens is 3. The summed E-state index contributed by atoms with van der Waals surface area (Å²) >= 11 is 0. The first-order valence-electron chi connectivity index (χ1n) is 10.1. The van der Waals surface area contributed by atoms with Crippen molar-refractivity contribution in [2.45, 2.75) is 44.9 Å². The van der Waals surface area contributed by atoms with E-state index in [2.05, 4.69) is 17.3 Å². The fraction of sp³-hybridized carbons (Fsp3) is 0.409. The number of fused-ring (bicyclic) bond motifs is 4. The first kappa shape index (κ1) is 19.5. The van der Waals surface area contributed by atoms with Crippen LogP contribution in [0.2, 0.25) is 0 Å². The molecule has 29 heavy (non-hydrogen) atoms. The van der Waals surface area contributed by atoms with Crippen LogP contribution in [0.25, 0.3) is 10.9 Å². The van der Waals surface area contributed by atoms with Crippen LogP contribution >= 0.6 is 0 Å². The highest BCUT2D eigenvalue weighted by Gasteiger charge is 2.26. The molecule has 7 heteroatoms. The first-order valence-corrected chi connectivity index (χ1v) is 10.1. The molecule has 2 bridgehead atoms. The molecular weight excluding hydrogens is 368 g/mol. The zero-order valence-corrected chi connectivity index (χ0v) is 16.5. The molecule has 0 radical (unpaired) electrons. The van der Waals surface area contributed by atoms with E-state index in [0.29, 0.717) is 6.61 Å². The van der Waals surface area contributed by atoms with E-state index < -0.39 is 12.1 Å². The Morgan fingerprint density at radius 2 is 2.14 bits per heavy atom. The average Bonchev–Trinajstić information content (AvgIpc) is 3.15. The highest BCUT2D eigenvalue weighted by molar-refractivity contribution is 5.84. The number of benzene rings is 1. The van der Waals surface area contributed by atoms with Crippen molar-refractivity contribution in [1.29, 1.82) is 0 Å². The number of aliphatic hydroxyl groups excluding tert-OH is 1. The van der Waals surface area contributed by atoms with Gasteiger partial charge in [-0.3, -0.25) is 14.5 Å². The summed E-state index contributed by atoms with van der Waals surface area (Å²) in [5.41, 5.74) is 3.60. The van der Waals surface area contributed by atoms with E-state index in [9.17, 15) is 9.90 Å². The second-order valence-corrected chi connectivity index (χ2v) is 7.29. The minimum absolute atomic E-state index is 0.151. The van der Waals surface area contributed by atoms with Crippen molar-refractivity contribution >= 4 is 16.8 Å². The van der Waals surface area contributed by atoms with Gasteiger partial charge in [0.1, 0.15) is 6.10 Å². The quantitative estimate of drug-likeness (QED) is 0.711. The van der Waals surface area contributed by atoms with Crippen LogP contribution < -0.4 is 5.32 Å². The molecule has 2 aromatic heterocycles. The Balaban J connectivity index is 1.69. The Bertz CT molecular complexity index is 986. The van der Waals surface area contributed by atoms with Gasteiger partial charge in [-0.15, -0.1) is 0 Å². The number of carbonyl (C=O) groups is 1. The van der Waals surface area contributed by atoms with E-state index >= 15 is 0 Å². The summed E-state index contributed by atoms with van der Waals surface area (Å²) in [4.78, 5) is 17.6. The third kappa shape index (κ3) is 4.16. The molecule has 1 amide bonds. The largest absolute Gasteiger partial charge is 0.394 e. The Labute approximate surface area is 169 Å². The minimum Gasteiger partial charge on any atom is -0.394 e. The number of rotatable bonds is 3. The highest BCUT2D eigenvalue weighted by Crippen LogP contribution is 2.23. The molecule has 1 aliphatic rings. The van der Waals surface area contributed by atoms with Crippen molar-refractivity contribution in [2.75, 3.05) is 13.2 Å². The lowest BCUT2D eigenvalue weighted by Gasteiger charge is -2.28. The van der Waals surface area contributed by atoms with Crippen molar-refractivity contribution in [1.82, 2.24) is 20.1 Å². The second-order valence-electron chi connectivity index (χ2n) is 7.29. The van der Waals surface area contributed by atoms with Crippen LogP contribution in [0.15, 0.2) is 42.6 Å². The van der Waals surface area contributed by atoms with Gasteiger partial charge in [0.25, 0.3) is 0 Å². The number of ether oxygens (including phenoxy) is 1. The molecule has 0 saturated heterocycles. The standard InChI is InChI=1S/C22H26N4O3/c1-2-26-22-16(13-23-26)11-17-12-20(28)25-21(15-7-4-3-5-8-15)19(14-27)29-10-6-9-18(22)24-17/h3-5,7-8,11,13,19,21,27H,2,6,9-10,12,14H2,1H3,(H,25,28)/t19-,21+/m1/s1. The van der Waals surface area contributed by atoms with Gasteiger partial charge >= 0.3 is 0 Å². The molecule has 0 aliphatic carbocycles. The van der Waals surface area contributed by atoms with Crippen LogP contribution in [0.3, 0.4) is 0 Å². The maximum Gasteiger partial charge on any atom is 0.226 e. The van der Waals surface area contributed by atoms with Crippen molar-refractivity contribution in [3.05, 3.63) is 59.5 Å². The number of hydrogen-bond donors (Lipinski definition) is 2. The van der Waals surface area contributed by atoms with Gasteiger partial charge in [0, 0.05) is 18.5 Å². The Morgan fingerprint density at radius 3 is 2.90 bits per heavy atom. The van der Waals surface area contributed by atoms with Gasteiger partial charge in [0.2, 0.25) is 5.91 Å². The van der Waals surface area contributed by atoms with Crippen LogP contribution in [0.1, 0.15) is 36.3 Å². The van der Waals surface area contributed by atoms with Gasteiger partial charge in [-0.25, -0.2) is 0 Å². The number of hydrogen-bond acceptors (Lipinski definition) is 5. The Morgan fingerprint density at radius 1 is 1.31 bits per heavy atom. The monoisotopic (exact) mass is 394 g/mol. The van der Waals surface area contributed by atoms with Crippen molar-refractivity contribution in [3.8, 4) is 0 Å². The molecule has 152 valence electrons. The zero-order chi connectivity index (χ0) is 20.2. The Hall–Kier alpha value is -2.77. The van der Waals surface area contributed by atoms with E-state index in [1.165, 1.54) is 0 Å². The number of nitrogens with zero attached hydrogens (tertiary/aromatic N) is 3. The normalized spacial score (nSPS) is 20.7. The molecule has 2 N–H and O–H groups in total. The summed E-state index contributed by atoms with van der Waals surface area (Å²) in [7, 11) is 0. The maximum atomic E-state index is 12.8. The topological polar surface area (TPSA) is 89.3 Å².